The van der Waals surface area contributed by atoms with Crippen LogP contribution in [-0.4, -0.2) is 34.0 Å². The number of carbonyl (C=O) groups is 2. The molecule has 182 valence electrons. The van der Waals surface area contributed by atoms with E-state index in [-0.39, 0.29) is 19.0 Å². The van der Waals surface area contributed by atoms with Gasteiger partial charge in [-0.25, -0.2) is 0 Å². The Hall–Kier alpha value is -3.60. The molecule has 0 radical (unpaired) electrons. The first-order valence-corrected chi connectivity index (χ1v) is 12.1. The average molecular weight is 472 g/mol. The van der Waals surface area contributed by atoms with Crippen molar-refractivity contribution in [2.75, 3.05) is 6.54 Å². The van der Waals surface area contributed by atoms with Gasteiger partial charge >= 0.3 is 5.97 Å². The lowest BCUT2D eigenvalue weighted by atomic mass is 9.90. The molecule has 1 atom stereocenters. The van der Waals surface area contributed by atoms with Crippen LogP contribution in [0.15, 0.2) is 66.7 Å². The highest BCUT2D eigenvalue weighted by Crippen LogP contribution is 2.38. The van der Waals surface area contributed by atoms with Gasteiger partial charge in [0, 0.05) is 24.9 Å². The molecule has 0 bridgehead atoms. The second kappa shape index (κ2) is 9.95. The second-order valence-electron chi connectivity index (χ2n) is 10.2. The van der Waals surface area contributed by atoms with Gasteiger partial charge in [0.2, 0.25) is 0 Å². The number of ether oxygens (including phenoxy) is 1. The molecule has 0 aliphatic carbocycles. The van der Waals surface area contributed by atoms with Crippen molar-refractivity contribution in [1.29, 1.82) is 0 Å². The molecule has 1 aliphatic heterocycles. The lowest BCUT2D eigenvalue weighted by Crippen LogP contribution is -2.35. The van der Waals surface area contributed by atoms with Crippen molar-refractivity contribution in [3.63, 3.8) is 0 Å². The van der Waals surface area contributed by atoms with E-state index < -0.39 is 11.6 Å². The molecule has 0 aromatic heterocycles. The fraction of sp³-hybridized carbons (Fsp3) is 0.333. The molecular formula is C30H33NO4. The van der Waals surface area contributed by atoms with E-state index in [2.05, 4.69) is 45.0 Å². The van der Waals surface area contributed by atoms with Crippen molar-refractivity contribution in [3.8, 4) is 5.75 Å². The summed E-state index contributed by atoms with van der Waals surface area (Å²) in [5.41, 5.74) is 5.59. The second-order valence-corrected chi connectivity index (χ2v) is 10.2. The molecule has 3 aromatic rings. The largest absolute Gasteiger partial charge is 0.487 e. The zero-order valence-corrected chi connectivity index (χ0v) is 20.9. The molecular weight excluding hydrogens is 438 g/mol. The number of rotatable bonds is 8. The summed E-state index contributed by atoms with van der Waals surface area (Å²) < 4.78 is 6.32. The summed E-state index contributed by atoms with van der Waals surface area (Å²) in [7, 11) is 0. The molecule has 1 aliphatic rings. The minimum Gasteiger partial charge on any atom is -0.487 e. The van der Waals surface area contributed by atoms with Crippen LogP contribution < -0.4 is 4.74 Å². The molecule has 1 N–H and O–H groups in total. The third-order valence-electron chi connectivity index (χ3n) is 6.56. The van der Waals surface area contributed by atoms with E-state index in [9.17, 15) is 14.7 Å². The first-order valence-electron chi connectivity index (χ1n) is 12.1. The Kier molecular flexibility index (Phi) is 6.97. The Morgan fingerprint density at radius 2 is 1.66 bits per heavy atom. The van der Waals surface area contributed by atoms with E-state index in [0.717, 1.165) is 28.9 Å². The number of amides is 1. The molecule has 5 nitrogen and oxygen atoms in total. The highest BCUT2D eigenvalue weighted by Gasteiger charge is 2.35. The molecule has 0 fully saturated rings. The van der Waals surface area contributed by atoms with E-state index in [4.69, 9.17) is 4.74 Å². The Labute approximate surface area is 207 Å². The van der Waals surface area contributed by atoms with Gasteiger partial charge in [0.15, 0.2) is 0 Å². The maximum atomic E-state index is 13.3. The van der Waals surface area contributed by atoms with Crippen LogP contribution in [0.3, 0.4) is 0 Å². The zero-order chi connectivity index (χ0) is 25.2. The maximum Gasteiger partial charge on any atom is 0.323 e. The van der Waals surface area contributed by atoms with Crippen LogP contribution >= 0.6 is 0 Å². The zero-order valence-electron chi connectivity index (χ0n) is 20.9. The molecule has 5 heteroatoms. The molecule has 0 spiro atoms. The van der Waals surface area contributed by atoms with E-state index in [1.807, 2.05) is 43.3 Å². The van der Waals surface area contributed by atoms with Crippen molar-refractivity contribution >= 4 is 11.9 Å². The van der Waals surface area contributed by atoms with Gasteiger partial charge in [-0.1, -0.05) is 67.9 Å². The van der Waals surface area contributed by atoms with Crippen LogP contribution in [0.1, 0.15) is 64.9 Å². The minimum atomic E-state index is -1.04. The summed E-state index contributed by atoms with van der Waals surface area (Å²) in [6.07, 6.45) is 1.45. The number of hydrogen-bond donors (Lipinski definition) is 1. The number of carbonyl (C=O) groups excluding carboxylic acids is 1. The van der Waals surface area contributed by atoms with Crippen molar-refractivity contribution in [1.82, 2.24) is 4.90 Å². The molecule has 0 saturated heterocycles. The van der Waals surface area contributed by atoms with Gasteiger partial charge in [-0.15, -0.1) is 0 Å². The predicted octanol–water partition coefficient (Wildman–Crippen LogP) is 5.78. The molecule has 3 aromatic carbocycles. The summed E-state index contributed by atoms with van der Waals surface area (Å²) in [4.78, 5) is 26.2. The van der Waals surface area contributed by atoms with E-state index in [0.29, 0.717) is 17.9 Å². The normalized spacial score (nSPS) is 16.6. The van der Waals surface area contributed by atoms with Gasteiger partial charge in [0.1, 0.15) is 17.9 Å². The van der Waals surface area contributed by atoms with Gasteiger partial charge in [-0.05, 0) is 60.2 Å². The standard InChI is InChI=1S/C30H33NO4/c1-20(2)24-11-9-22(10-12-24)16-30(4)17-26-15-25(13-14-27(26)35-30)29(34)31(19-28(32)33)18-23-7-5-21(3)6-8-23/h5-15,20H,16-19H2,1-4H3,(H,32,33)/t30-/m1/s1. The lowest BCUT2D eigenvalue weighted by molar-refractivity contribution is -0.137. The number of aryl methyl sites for hydroxylation is 1. The van der Waals surface area contributed by atoms with Gasteiger partial charge in [-0.2, -0.15) is 0 Å². The van der Waals surface area contributed by atoms with Gasteiger partial charge in [-0.3, -0.25) is 9.59 Å². The SMILES string of the molecule is Cc1ccc(CN(CC(=O)O)C(=O)c2ccc3c(c2)C[C@@](C)(Cc2ccc(C(C)C)cc2)O3)cc1. The number of fused-ring (bicyclic) bond motifs is 1. The molecule has 1 amide bonds. The van der Waals surface area contributed by atoms with Crippen molar-refractivity contribution in [2.45, 2.75) is 58.6 Å². The Morgan fingerprint density at radius 1 is 1.00 bits per heavy atom. The summed E-state index contributed by atoms with van der Waals surface area (Å²) >= 11 is 0. The quantitative estimate of drug-likeness (QED) is 0.452. The number of aliphatic carboxylic acids is 1. The van der Waals surface area contributed by atoms with E-state index in [1.165, 1.54) is 16.0 Å². The molecule has 4 rings (SSSR count). The third kappa shape index (κ3) is 5.91. The highest BCUT2D eigenvalue weighted by molar-refractivity contribution is 5.96. The van der Waals surface area contributed by atoms with Crippen LogP contribution in [0.25, 0.3) is 0 Å². The number of nitrogens with zero attached hydrogens (tertiary/aromatic N) is 1. The Balaban J connectivity index is 1.50. The third-order valence-corrected chi connectivity index (χ3v) is 6.56. The molecule has 35 heavy (non-hydrogen) atoms. The first kappa shape index (κ1) is 24.5. The topological polar surface area (TPSA) is 66.8 Å². The Morgan fingerprint density at radius 3 is 2.29 bits per heavy atom. The number of benzene rings is 3. The number of carboxylic acid groups (broad SMARTS) is 1. The molecule has 0 unspecified atom stereocenters. The smallest absolute Gasteiger partial charge is 0.323 e. The van der Waals surface area contributed by atoms with Crippen molar-refractivity contribution < 1.29 is 19.4 Å². The van der Waals surface area contributed by atoms with Crippen LogP contribution in [0, 0.1) is 6.92 Å². The van der Waals surface area contributed by atoms with Crippen LogP contribution in [0.5, 0.6) is 5.75 Å². The van der Waals surface area contributed by atoms with Crippen LogP contribution in [0.4, 0.5) is 0 Å². The summed E-state index contributed by atoms with van der Waals surface area (Å²) in [5.74, 6) is -0.0554. The summed E-state index contributed by atoms with van der Waals surface area (Å²) in [5, 5.41) is 9.40. The minimum absolute atomic E-state index is 0.239. The van der Waals surface area contributed by atoms with Crippen LogP contribution in [-0.2, 0) is 24.2 Å². The lowest BCUT2D eigenvalue weighted by Gasteiger charge is -2.24. The van der Waals surface area contributed by atoms with Gasteiger partial charge in [0.05, 0.1) is 0 Å². The monoisotopic (exact) mass is 471 g/mol. The first-order chi connectivity index (χ1) is 16.6. The van der Waals surface area contributed by atoms with E-state index in [1.54, 1.807) is 6.07 Å². The fourth-order valence-electron chi connectivity index (χ4n) is 4.66. The molecule has 0 saturated carbocycles. The summed E-state index contributed by atoms with van der Waals surface area (Å²) in [6, 6.07) is 21.9. The number of hydrogen-bond acceptors (Lipinski definition) is 3. The van der Waals surface area contributed by atoms with Crippen molar-refractivity contribution in [3.05, 3.63) is 100 Å². The maximum absolute atomic E-state index is 13.3. The average Bonchev–Trinajstić information content (AvgIpc) is 3.14. The summed E-state index contributed by atoms with van der Waals surface area (Å²) in [6.45, 7) is 8.34. The van der Waals surface area contributed by atoms with E-state index >= 15 is 0 Å². The predicted molar refractivity (Wildman–Crippen MR) is 137 cm³/mol. The fourth-order valence-corrected chi connectivity index (χ4v) is 4.66. The highest BCUT2D eigenvalue weighted by atomic mass is 16.5. The van der Waals surface area contributed by atoms with Gasteiger partial charge < -0.3 is 14.7 Å². The molecule has 1 heterocycles. The van der Waals surface area contributed by atoms with Crippen LogP contribution in [0.2, 0.25) is 0 Å². The Bertz CT molecular complexity index is 1210. The van der Waals surface area contributed by atoms with Crippen molar-refractivity contribution in [2.24, 2.45) is 0 Å². The van der Waals surface area contributed by atoms with Gasteiger partial charge in [0.25, 0.3) is 5.91 Å². The number of carboxylic acids is 1.